The lowest BCUT2D eigenvalue weighted by Crippen LogP contribution is -2.37. The zero-order chi connectivity index (χ0) is 17.4. The van der Waals surface area contributed by atoms with Gasteiger partial charge in [0, 0.05) is 39.5 Å². The van der Waals surface area contributed by atoms with Gasteiger partial charge in [-0.05, 0) is 36.9 Å². The van der Waals surface area contributed by atoms with E-state index < -0.39 is 9.84 Å². The molecule has 3 aromatic rings. The van der Waals surface area contributed by atoms with Gasteiger partial charge in [-0.2, -0.15) is 0 Å². The monoisotopic (exact) mass is 373 g/mol. The highest BCUT2D eigenvalue weighted by atomic mass is 32.2. The summed E-state index contributed by atoms with van der Waals surface area (Å²) in [5.74, 6) is 0.585. The van der Waals surface area contributed by atoms with Crippen molar-refractivity contribution in [2.24, 2.45) is 5.92 Å². The summed E-state index contributed by atoms with van der Waals surface area (Å²) in [6.45, 7) is 2.85. The van der Waals surface area contributed by atoms with Crippen LogP contribution in [0.4, 0.5) is 0 Å². The summed E-state index contributed by atoms with van der Waals surface area (Å²) in [5, 5.41) is 2.67. The van der Waals surface area contributed by atoms with E-state index in [0.717, 1.165) is 32.5 Å². The molecule has 0 unspecified atom stereocenters. The van der Waals surface area contributed by atoms with E-state index >= 15 is 0 Å². The quantitative estimate of drug-likeness (QED) is 0.684. The number of hydrogen-bond acceptors (Lipinski definition) is 4. The summed E-state index contributed by atoms with van der Waals surface area (Å²) in [4.78, 5) is 2.43. The molecule has 0 saturated carbocycles. The molecule has 5 heteroatoms. The number of thiophene rings is 1. The first-order chi connectivity index (χ1) is 12.0. The molecule has 0 amide bonds. The molecule has 0 spiro atoms. The van der Waals surface area contributed by atoms with Crippen LogP contribution in [0.5, 0.6) is 0 Å². The Hall–Kier alpha value is -1.43. The molecule has 0 bridgehead atoms. The van der Waals surface area contributed by atoms with Gasteiger partial charge in [0.2, 0.25) is 0 Å². The van der Waals surface area contributed by atoms with Gasteiger partial charge in [0.15, 0.2) is 0 Å². The zero-order valence-corrected chi connectivity index (χ0v) is 16.1. The molecular formula is C20H23NO2S2. The molecule has 0 N–H and O–H groups in total. The first-order valence-electron chi connectivity index (χ1n) is 8.79. The van der Waals surface area contributed by atoms with Gasteiger partial charge in [-0.3, -0.25) is 4.90 Å². The van der Waals surface area contributed by atoms with Crippen LogP contribution in [-0.2, 0) is 16.4 Å². The lowest BCUT2D eigenvalue weighted by molar-refractivity contribution is 0.178. The first-order valence-corrected chi connectivity index (χ1v) is 11.7. The number of nitrogens with zero attached hydrogens (tertiary/aromatic N) is 1. The minimum Gasteiger partial charge on any atom is -0.299 e. The van der Waals surface area contributed by atoms with Gasteiger partial charge in [0.05, 0.1) is 5.75 Å². The molecule has 1 saturated heterocycles. The molecule has 1 atom stereocenters. The average Bonchev–Trinajstić information content (AvgIpc) is 2.94. The van der Waals surface area contributed by atoms with E-state index in [1.807, 2.05) is 11.3 Å². The molecule has 0 radical (unpaired) electrons. The summed E-state index contributed by atoms with van der Waals surface area (Å²) < 4.78 is 25.9. The fourth-order valence-corrected chi connectivity index (χ4v) is 6.36. The van der Waals surface area contributed by atoms with Gasteiger partial charge < -0.3 is 0 Å². The topological polar surface area (TPSA) is 37.4 Å². The second-order valence-electron chi connectivity index (χ2n) is 7.23. The van der Waals surface area contributed by atoms with Crippen molar-refractivity contribution in [1.82, 2.24) is 4.90 Å². The van der Waals surface area contributed by atoms with Gasteiger partial charge in [-0.25, -0.2) is 8.42 Å². The minimum atomic E-state index is -2.90. The second kappa shape index (κ2) is 6.71. The highest BCUT2D eigenvalue weighted by Crippen LogP contribution is 2.36. The van der Waals surface area contributed by atoms with E-state index in [1.54, 1.807) is 0 Å². The lowest BCUT2D eigenvalue weighted by Gasteiger charge is -2.32. The molecule has 2 aromatic carbocycles. The molecule has 2 heterocycles. The predicted octanol–water partition coefficient (Wildman–Crippen LogP) is 4.31. The molecule has 3 nitrogen and oxygen atoms in total. The van der Waals surface area contributed by atoms with Gasteiger partial charge >= 0.3 is 0 Å². The Kier molecular flexibility index (Phi) is 4.56. The minimum absolute atomic E-state index is 0.269. The summed E-state index contributed by atoms with van der Waals surface area (Å²) in [6, 6.07) is 15.2. The van der Waals surface area contributed by atoms with Crippen molar-refractivity contribution >= 4 is 41.3 Å². The van der Waals surface area contributed by atoms with Gasteiger partial charge in [0.1, 0.15) is 9.84 Å². The smallest absolute Gasteiger partial charge is 0.147 e. The van der Waals surface area contributed by atoms with Crippen LogP contribution in [-0.4, -0.2) is 38.4 Å². The van der Waals surface area contributed by atoms with E-state index in [2.05, 4.69) is 47.4 Å². The summed E-state index contributed by atoms with van der Waals surface area (Å²) in [6.07, 6.45) is 3.46. The van der Waals surface area contributed by atoms with Crippen LogP contribution < -0.4 is 0 Å². The third-order valence-corrected chi connectivity index (χ3v) is 7.36. The van der Waals surface area contributed by atoms with Crippen molar-refractivity contribution in [1.29, 1.82) is 0 Å². The van der Waals surface area contributed by atoms with Crippen LogP contribution in [0, 0.1) is 5.92 Å². The Labute approximate surface area is 153 Å². The Morgan fingerprint density at radius 2 is 1.92 bits per heavy atom. The zero-order valence-electron chi connectivity index (χ0n) is 14.4. The fraction of sp³-hybridized carbons (Fsp3) is 0.400. The third kappa shape index (κ3) is 3.73. The second-order valence-corrected chi connectivity index (χ2v) is 10.5. The van der Waals surface area contributed by atoms with Gasteiger partial charge in [-0.15, -0.1) is 11.3 Å². The molecule has 1 fully saturated rings. The highest BCUT2D eigenvalue weighted by Gasteiger charge is 2.23. The van der Waals surface area contributed by atoms with Crippen molar-refractivity contribution in [3.8, 4) is 0 Å². The number of piperidine rings is 1. The van der Waals surface area contributed by atoms with Crippen molar-refractivity contribution in [3.63, 3.8) is 0 Å². The standard InChI is InChI=1S/C20H23NO2S2/c1-25(22,23)14-15-6-5-11-21(12-15)13-16-7-4-9-18-17-8-2-3-10-19(17)24-20(16)18/h2-4,7-10,15H,5-6,11-14H2,1H3/t15-/m0/s1. The number of benzene rings is 2. The lowest BCUT2D eigenvalue weighted by atomic mass is 9.99. The first kappa shape index (κ1) is 17.0. The Morgan fingerprint density at radius 1 is 1.12 bits per heavy atom. The van der Waals surface area contributed by atoms with Crippen molar-refractivity contribution < 1.29 is 8.42 Å². The number of fused-ring (bicyclic) bond motifs is 3. The fourth-order valence-electron chi connectivity index (χ4n) is 4.03. The van der Waals surface area contributed by atoms with Crippen LogP contribution >= 0.6 is 11.3 Å². The van der Waals surface area contributed by atoms with E-state index in [-0.39, 0.29) is 5.92 Å². The number of sulfone groups is 1. The normalized spacial score (nSPS) is 19.6. The van der Waals surface area contributed by atoms with E-state index in [4.69, 9.17) is 0 Å². The predicted molar refractivity (Wildman–Crippen MR) is 107 cm³/mol. The molecule has 1 aliphatic rings. The molecule has 0 aliphatic carbocycles. The summed E-state index contributed by atoms with van der Waals surface area (Å²) in [5.41, 5.74) is 1.36. The molecule has 1 aliphatic heterocycles. The maximum Gasteiger partial charge on any atom is 0.147 e. The van der Waals surface area contributed by atoms with Crippen molar-refractivity contribution in [2.45, 2.75) is 19.4 Å². The Bertz CT molecular complexity index is 1010. The molecular weight excluding hydrogens is 350 g/mol. The largest absolute Gasteiger partial charge is 0.299 e. The van der Waals surface area contributed by atoms with E-state index in [9.17, 15) is 8.42 Å². The molecule has 132 valence electrons. The number of likely N-dealkylation sites (tertiary alicyclic amines) is 1. The van der Waals surface area contributed by atoms with E-state index in [0.29, 0.717) is 5.75 Å². The van der Waals surface area contributed by atoms with Crippen molar-refractivity contribution in [3.05, 3.63) is 48.0 Å². The van der Waals surface area contributed by atoms with Crippen LogP contribution in [0.25, 0.3) is 20.2 Å². The van der Waals surface area contributed by atoms with Gasteiger partial charge in [0.25, 0.3) is 0 Å². The third-order valence-electron chi connectivity index (χ3n) is 5.02. The molecule has 4 rings (SSSR count). The van der Waals surface area contributed by atoms with Crippen LogP contribution in [0.15, 0.2) is 42.5 Å². The Balaban J connectivity index is 1.60. The summed E-state index contributed by atoms with van der Waals surface area (Å²) in [7, 11) is -2.90. The van der Waals surface area contributed by atoms with Crippen LogP contribution in [0.1, 0.15) is 18.4 Å². The molecule has 1 aromatic heterocycles. The maximum absolute atomic E-state index is 11.6. The number of hydrogen-bond donors (Lipinski definition) is 0. The average molecular weight is 374 g/mol. The SMILES string of the molecule is CS(=O)(=O)C[C@H]1CCCN(Cc2cccc3c2sc2ccccc23)C1. The van der Waals surface area contributed by atoms with Crippen LogP contribution in [0.2, 0.25) is 0 Å². The summed E-state index contributed by atoms with van der Waals surface area (Å²) >= 11 is 1.87. The van der Waals surface area contributed by atoms with Crippen LogP contribution in [0.3, 0.4) is 0 Å². The highest BCUT2D eigenvalue weighted by molar-refractivity contribution is 7.90. The van der Waals surface area contributed by atoms with Gasteiger partial charge in [-0.1, -0.05) is 36.4 Å². The Morgan fingerprint density at radius 3 is 2.76 bits per heavy atom. The maximum atomic E-state index is 11.6. The number of rotatable bonds is 4. The van der Waals surface area contributed by atoms with Crippen molar-refractivity contribution in [2.75, 3.05) is 25.1 Å². The molecule has 25 heavy (non-hydrogen) atoms. The van der Waals surface area contributed by atoms with E-state index in [1.165, 1.54) is 32.0 Å².